The Morgan fingerprint density at radius 3 is 2.40 bits per heavy atom. The van der Waals surface area contributed by atoms with E-state index in [0.717, 1.165) is 17.0 Å². The van der Waals surface area contributed by atoms with Gasteiger partial charge in [0.2, 0.25) is 0 Å². The van der Waals surface area contributed by atoms with E-state index in [1.807, 2.05) is 49.4 Å². The molecule has 0 bridgehead atoms. The first-order valence-electron chi connectivity index (χ1n) is 6.55. The second-order valence-corrected chi connectivity index (χ2v) is 4.56. The number of hydrogen-bond acceptors (Lipinski definition) is 1. The average molecular weight is 291 g/mol. The Hall–Kier alpha value is -1.87. The number of rotatable bonds is 1. The zero-order valence-electron chi connectivity index (χ0n) is 11.7. The molecule has 0 spiro atoms. The molecule has 2 nitrogen and oxygen atoms in total. The number of halogens is 2. The molecular formula is C16H16ClFN2. The topological polar surface area (TPSA) is 17.3 Å². The summed E-state index contributed by atoms with van der Waals surface area (Å²) in [5.74, 6) is -0.282. The van der Waals surface area contributed by atoms with Crippen LogP contribution in [0.5, 0.6) is 0 Å². The summed E-state index contributed by atoms with van der Waals surface area (Å²) in [6.07, 6.45) is 1.69. The number of hydrogen-bond donors (Lipinski definition) is 0. The van der Waals surface area contributed by atoms with Crippen molar-refractivity contribution in [2.45, 2.75) is 20.8 Å². The molecule has 0 radical (unpaired) electrons. The summed E-state index contributed by atoms with van der Waals surface area (Å²) >= 11 is 5.86. The van der Waals surface area contributed by atoms with Crippen molar-refractivity contribution in [3.63, 3.8) is 0 Å². The Morgan fingerprint density at radius 1 is 1.10 bits per heavy atom. The molecule has 0 fully saturated rings. The van der Waals surface area contributed by atoms with Crippen LogP contribution in [0.2, 0.25) is 5.02 Å². The summed E-state index contributed by atoms with van der Waals surface area (Å²) < 4.78 is 15.0. The van der Waals surface area contributed by atoms with E-state index in [2.05, 4.69) is 4.98 Å². The van der Waals surface area contributed by atoms with Gasteiger partial charge in [0.15, 0.2) is 0 Å². The molecule has 3 aromatic rings. The third-order valence-electron chi connectivity index (χ3n) is 2.94. The largest absolute Gasteiger partial charge is 0.304 e. The van der Waals surface area contributed by atoms with E-state index in [0.29, 0.717) is 10.7 Å². The van der Waals surface area contributed by atoms with E-state index in [9.17, 15) is 4.39 Å². The van der Waals surface area contributed by atoms with Crippen molar-refractivity contribution in [2.75, 3.05) is 0 Å². The number of fused-ring (bicyclic) bond motifs is 1. The molecule has 0 aliphatic rings. The van der Waals surface area contributed by atoms with Gasteiger partial charge in [0, 0.05) is 28.5 Å². The lowest BCUT2D eigenvalue weighted by Gasteiger charge is -1.99. The van der Waals surface area contributed by atoms with Gasteiger partial charge >= 0.3 is 0 Å². The number of pyridine rings is 1. The third kappa shape index (κ3) is 2.68. The Balaban J connectivity index is 0.000000704. The van der Waals surface area contributed by atoms with Crippen LogP contribution in [0.1, 0.15) is 19.5 Å². The van der Waals surface area contributed by atoms with Crippen molar-refractivity contribution < 1.29 is 4.39 Å². The van der Waals surface area contributed by atoms with Crippen molar-refractivity contribution in [1.29, 1.82) is 0 Å². The lowest BCUT2D eigenvalue weighted by Crippen LogP contribution is -1.87. The molecule has 0 saturated carbocycles. The van der Waals surface area contributed by atoms with Crippen LogP contribution in [-0.2, 0) is 0 Å². The van der Waals surface area contributed by atoms with Gasteiger partial charge in [-0.1, -0.05) is 37.6 Å². The van der Waals surface area contributed by atoms with Gasteiger partial charge in [-0.3, -0.25) is 0 Å². The maximum absolute atomic E-state index is 13.2. The smallest absolute Gasteiger partial charge is 0.140 e. The van der Waals surface area contributed by atoms with E-state index in [1.165, 1.54) is 12.1 Å². The molecule has 0 saturated heterocycles. The van der Waals surface area contributed by atoms with Gasteiger partial charge in [-0.25, -0.2) is 9.37 Å². The van der Waals surface area contributed by atoms with Crippen LogP contribution in [0.4, 0.5) is 4.39 Å². The molecule has 3 rings (SSSR count). The van der Waals surface area contributed by atoms with E-state index in [-0.39, 0.29) is 5.82 Å². The first-order valence-corrected chi connectivity index (χ1v) is 6.93. The molecule has 0 unspecified atom stereocenters. The lowest BCUT2D eigenvalue weighted by molar-refractivity contribution is 0.626. The van der Waals surface area contributed by atoms with Crippen molar-refractivity contribution >= 4 is 17.2 Å². The first-order chi connectivity index (χ1) is 9.65. The minimum Gasteiger partial charge on any atom is -0.304 e. The van der Waals surface area contributed by atoms with Gasteiger partial charge in [0.25, 0.3) is 0 Å². The summed E-state index contributed by atoms with van der Waals surface area (Å²) in [6.45, 7) is 5.96. The maximum Gasteiger partial charge on any atom is 0.140 e. The Labute approximate surface area is 122 Å². The molecule has 1 aromatic carbocycles. The fourth-order valence-corrected chi connectivity index (χ4v) is 2.15. The molecule has 0 aliphatic heterocycles. The van der Waals surface area contributed by atoms with Crippen LogP contribution in [0.15, 0.2) is 42.6 Å². The van der Waals surface area contributed by atoms with Gasteiger partial charge < -0.3 is 4.40 Å². The summed E-state index contributed by atoms with van der Waals surface area (Å²) in [7, 11) is 0. The number of benzene rings is 1. The van der Waals surface area contributed by atoms with E-state index < -0.39 is 0 Å². The molecule has 0 aliphatic carbocycles. The average Bonchev–Trinajstić information content (AvgIpc) is 2.78. The summed E-state index contributed by atoms with van der Waals surface area (Å²) in [4.78, 5) is 4.45. The third-order valence-corrected chi connectivity index (χ3v) is 3.20. The normalized spacial score (nSPS) is 10.2. The lowest BCUT2D eigenvalue weighted by atomic mass is 10.1. The second-order valence-electron chi connectivity index (χ2n) is 4.13. The highest BCUT2D eigenvalue weighted by atomic mass is 35.5. The Morgan fingerprint density at radius 2 is 1.75 bits per heavy atom. The number of nitrogens with zero attached hydrogens (tertiary/aromatic N) is 2. The molecule has 0 N–H and O–H groups in total. The van der Waals surface area contributed by atoms with Gasteiger partial charge in [0.05, 0.1) is 5.69 Å². The van der Waals surface area contributed by atoms with Crippen molar-refractivity contribution in [3.8, 4) is 11.3 Å². The molecule has 2 heterocycles. The van der Waals surface area contributed by atoms with E-state index in [1.54, 1.807) is 6.20 Å². The van der Waals surface area contributed by atoms with Crippen LogP contribution in [0, 0.1) is 12.7 Å². The Bertz CT molecular complexity index is 717. The van der Waals surface area contributed by atoms with Gasteiger partial charge in [-0.2, -0.15) is 0 Å². The van der Waals surface area contributed by atoms with Crippen molar-refractivity contribution in [2.24, 2.45) is 0 Å². The van der Waals surface area contributed by atoms with Crippen LogP contribution < -0.4 is 0 Å². The molecule has 4 heteroatoms. The molecule has 0 amide bonds. The molecule has 2 aromatic heterocycles. The monoisotopic (exact) mass is 290 g/mol. The maximum atomic E-state index is 13.2. The highest BCUT2D eigenvalue weighted by molar-refractivity contribution is 6.30. The van der Waals surface area contributed by atoms with Crippen molar-refractivity contribution in [1.82, 2.24) is 9.38 Å². The molecule has 104 valence electrons. The molecular weight excluding hydrogens is 275 g/mol. The van der Waals surface area contributed by atoms with Crippen LogP contribution in [0.25, 0.3) is 16.9 Å². The summed E-state index contributed by atoms with van der Waals surface area (Å²) in [5, 5.41) is 0.686. The second kappa shape index (κ2) is 6.06. The standard InChI is InChI=1S/C14H10ClFN2.C2H6/c1-9-14(10-2-4-11(15)5-3-10)17-13-8-12(16)6-7-18(9)13;1-2/h2-8H,1H3;1-2H3. The number of aromatic nitrogens is 2. The highest BCUT2D eigenvalue weighted by Gasteiger charge is 2.10. The Kier molecular flexibility index (Phi) is 4.40. The van der Waals surface area contributed by atoms with Gasteiger partial charge in [0.1, 0.15) is 11.5 Å². The first kappa shape index (κ1) is 14.5. The molecule has 0 atom stereocenters. The fourth-order valence-electron chi connectivity index (χ4n) is 2.02. The van der Waals surface area contributed by atoms with Crippen molar-refractivity contribution in [3.05, 3.63) is 59.1 Å². The highest BCUT2D eigenvalue weighted by Crippen LogP contribution is 2.25. The van der Waals surface area contributed by atoms with E-state index >= 15 is 0 Å². The SMILES string of the molecule is CC.Cc1c(-c2ccc(Cl)cc2)nc2cc(F)ccn12. The number of imidazole rings is 1. The van der Waals surface area contributed by atoms with Crippen LogP contribution in [-0.4, -0.2) is 9.38 Å². The minimum atomic E-state index is -0.282. The predicted molar refractivity (Wildman–Crippen MR) is 81.7 cm³/mol. The van der Waals surface area contributed by atoms with Gasteiger partial charge in [-0.05, 0) is 25.1 Å². The summed E-state index contributed by atoms with van der Waals surface area (Å²) in [6, 6.07) is 10.3. The molecule has 20 heavy (non-hydrogen) atoms. The van der Waals surface area contributed by atoms with Gasteiger partial charge in [-0.15, -0.1) is 0 Å². The quantitative estimate of drug-likeness (QED) is 0.607. The van der Waals surface area contributed by atoms with Crippen LogP contribution in [0.3, 0.4) is 0 Å². The van der Waals surface area contributed by atoms with Crippen LogP contribution >= 0.6 is 11.6 Å². The van der Waals surface area contributed by atoms with E-state index in [4.69, 9.17) is 11.6 Å². The fraction of sp³-hybridized carbons (Fsp3) is 0.188. The number of aryl methyl sites for hydroxylation is 1. The zero-order valence-corrected chi connectivity index (χ0v) is 12.4. The summed E-state index contributed by atoms with van der Waals surface area (Å²) in [5.41, 5.74) is 3.41. The zero-order chi connectivity index (χ0) is 14.7. The predicted octanol–water partition coefficient (Wildman–Crippen LogP) is 5.13. The minimum absolute atomic E-state index is 0.282.